The van der Waals surface area contributed by atoms with E-state index in [1.54, 1.807) is 26.0 Å². The van der Waals surface area contributed by atoms with Crippen molar-refractivity contribution in [2.45, 2.75) is 51.1 Å². The molecule has 10 heteroatoms. The van der Waals surface area contributed by atoms with Crippen molar-refractivity contribution in [1.82, 2.24) is 5.06 Å². The summed E-state index contributed by atoms with van der Waals surface area (Å²) in [5.41, 5.74) is -0.0634. The van der Waals surface area contributed by atoms with Crippen LogP contribution in [0.1, 0.15) is 19.4 Å². The Kier molecular flexibility index (Phi) is 6.16. The van der Waals surface area contributed by atoms with Gasteiger partial charge in [0, 0.05) is 0 Å². The molecule has 2 aliphatic heterocycles. The summed E-state index contributed by atoms with van der Waals surface area (Å²) in [6, 6.07) is 4.88. The molecular formula is C18H24ClNO8. The molecule has 0 saturated carbocycles. The van der Waals surface area contributed by atoms with Crippen LogP contribution in [0.3, 0.4) is 0 Å². The highest BCUT2D eigenvalue weighted by Gasteiger charge is 2.45. The van der Waals surface area contributed by atoms with E-state index in [4.69, 9.17) is 25.9 Å². The van der Waals surface area contributed by atoms with Crippen molar-refractivity contribution in [3.05, 3.63) is 28.8 Å². The lowest BCUT2D eigenvalue weighted by atomic mass is 9.95. The Labute approximate surface area is 166 Å². The van der Waals surface area contributed by atoms with Crippen molar-refractivity contribution in [1.29, 1.82) is 0 Å². The molecule has 0 aliphatic carbocycles. The molecule has 2 fully saturated rings. The molecule has 0 spiro atoms. The van der Waals surface area contributed by atoms with Gasteiger partial charge in [-0.2, -0.15) is 0 Å². The number of aliphatic hydroxyl groups is 4. The fourth-order valence-electron chi connectivity index (χ4n) is 3.03. The van der Waals surface area contributed by atoms with Gasteiger partial charge in [0.25, 0.3) is 5.91 Å². The highest BCUT2D eigenvalue weighted by molar-refractivity contribution is 6.32. The second-order valence-electron chi connectivity index (χ2n) is 7.54. The molecule has 0 aromatic heterocycles. The van der Waals surface area contributed by atoms with Gasteiger partial charge in [-0.15, -0.1) is 0 Å². The second-order valence-corrected chi connectivity index (χ2v) is 7.92. The van der Waals surface area contributed by atoms with Crippen molar-refractivity contribution in [3.63, 3.8) is 0 Å². The number of hydroxylamine groups is 2. The van der Waals surface area contributed by atoms with Crippen LogP contribution in [0, 0.1) is 5.41 Å². The molecule has 28 heavy (non-hydrogen) atoms. The highest BCUT2D eigenvalue weighted by Crippen LogP contribution is 2.34. The number of amides is 1. The first-order chi connectivity index (χ1) is 13.2. The van der Waals surface area contributed by atoms with E-state index >= 15 is 0 Å². The zero-order valence-electron chi connectivity index (χ0n) is 15.5. The van der Waals surface area contributed by atoms with Gasteiger partial charge in [0.05, 0.1) is 30.2 Å². The summed E-state index contributed by atoms with van der Waals surface area (Å²) in [7, 11) is 0. The van der Waals surface area contributed by atoms with Gasteiger partial charge >= 0.3 is 0 Å². The number of hydrogen-bond acceptors (Lipinski definition) is 8. The van der Waals surface area contributed by atoms with Crippen molar-refractivity contribution < 1.29 is 39.5 Å². The molecule has 156 valence electrons. The monoisotopic (exact) mass is 417 g/mol. The number of hydrogen-bond donors (Lipinski definition) is 4. The van der Waals surface area contributed by atoms with Crippen LogP contribution < -0.4 is 4.74 Å². The van der Waals surface area contributed by atoms with E-state index in [0.29, 0.717) is 5.56 Å². The third-order valence-corrected chi connectivity index (χ3v) is 5.26. The third kappa shape index (κ3) is 3.97. The second kappa shape index (κ2) is 8.11. The first kappa shape index (κ1) is 21.3. The van der Waals surface area contributed by atoms with Gasteiger partial charge in [0.1, 0.15) is 30.2 Å². The fraction of sp³-hybridized carbons (Fsp3) is 0.611. The van der Waals surface area contributed by atoms with Crippen LogP contribution in [-0.2, 0) is 20.9 Å². The van der Waals surface area contributed by atoms with E-state index in [9.17, 15) is 25.2 Å². The Morgan fingerprint density at radius 1 is 1.25 bits per heavy atom. The summed E-state index contributed by atoms with van der Waals surface area (Å²) < 4.78 is 10.9. The molecule has 5 atom stereocenters. The number of nitrogens with zero attached hydrogens (tertiary/aromatic N) is 1. The molecule has 3 rings (SSSR count). The SMILES string of the molecule is CC1(C)CON(Cc2cccc(O[C@@H]3O[C@H](CO)[C@@H](O)[C@H](O)[C@H]3O)c2Cl)C1=O. The lowest BCUT2D eigenvalue weighted by Crippen LogP contribution is -2.60. The normalized spacial score (nSPS) is 32.6. The van der Waals surface area contributed by atoms with Crippen molar-refractivity contribution in [3.8, 4) is 5.75 Å². The molecule has 2 heterocycles. The van der Waals surface area contributed by atoms with Crippen LogP contribution >= 0.6 is 11.6 Å². The van der Waals surface area contributed by atoms with Crippen LogP contribution in [0.2, 0.25) is 5.02 Å². The van der Waals surface area contributed by atoms with Gasteiger partial charge < -0.3 is 29.9 Å². The number of carbonyl (C=O) groups excluding carboxylic acids is 1. The van der Waals surface area contributed by atoms with Crippen molar-refractivity contribution >= 4 is 17.5 Å². The van der Waals surface area contributed by atoms with Crippen LogP contribution in [0.4, 0.5) is 0 Å². The van der Waals surface area contributed by atoms with Crippen LogP contribution in [0.15, 0.2) is 18.2 Å². The molecule has 1 amide bonds. The predicted octanol–water partition coefficient (Wildman–Crippen LogP) is -0.181. The van der Waals surface area contributed by atoms with Gasteiger partial charge in [-0.25, -0.2) is 5.06 Å². The molecule has 0 unspecified atom stereocenters. The topological polar surface area (TPSA) is 129 Å². The van der Waals surface area contributed by atoms with Gasteiger partial charge in [-0.05, 0) is 25.5 Å². The minimum Gasteiger partial charge on any atom is -0.460 e. The molecule has 4 N–H and O–H groups in total. The first-order valence-corrected chi connectivity index (χ1v) is 9.23. The molecular weight excluding hydrogens is 394 g/mol. The number of halogens is 1. The third-order valence-electron chi connectivity index (χ3n) is 4.84. The molecule has 0 bridgehead atoms. The van der Waals surface area contributed by atoms with E-state index in [1.807, 2.05) is 0 Å². The maximum Gasteiger partial charge on any atom is 0.254 e. The van der Waals surface area contributed by atoms with Crippen LogP contribution in [-0.4, -0.2) is 75.3 Å². The average molecular weight is 418 g/mol. The summed E-state index contributed by atoms with van der Waals surface area (Å²) in [5.74, 6) is -0.0155. The summed E-state index contributed by atoms with van der Waals surface area (Å²) in [6.45, 7) is 3.38. The molecule has 1 aromatic carbocycles. The average Bonchev–Trinajstić information content (AvgIpc) is 2.92. The largest absolute Gasteiger partial charge is 0.460 e. The Morgan fingerprint density at radius 2 is 1.96 bits per heavy atom. The van der Waals surface area contributed by atoms with Gasteiger partial charge in [-0.1, -0.05) is 23.7 Å². The molecule has 9 nitrogen and oxygen atoms in total. The molecule has 0 radical (unpaired) electrons. The number of rotatable bonds is 5. The smallest absolute Gasteiger partial charge is 0.254 e. The number of ether oxygens (including phenoxy) is 2. The zero-order chi connectivity index (χ0) is 20.6. The van der Waals surface area contributed by atoms with Gasteiger partial charge in [0.2, 0.25) is 6.29 Å². The Balaban J connectivity index is 1.75. The Bertz CT molecular complexity index is 728. The summed E-state index contributed by atoms with van der Waals surface area (Å²) in [6.07, 6.45) is -7.05. The standard InChI is InChI=1S/C18H24ClNO8/c1-18(2)8-26-20(17(18)25)6-9-4-3-5-10(12(9)19)27-16-15(24)14(23)13(22)11(7-21)28-16/h3-5,11,13-16,21-24H,6-8H2,1-2H3/t11-,13-,14+,15-,16-/m1/s1. The van der Waals surface area contributed by atoms with E-state index < -0.39 is 42.7 Å². The molecule has 1 aromatic rings. The Hall–Kier alpha value is -1.46. The summed E-state index contributed by atoms with van der Waals surface area (Å²) >= 11 is 6.39. The van der Waals surface area contributed by atoms with Gasteiger partial charge in [0.15, 0.2) is 0 Å². The van der Waals surface area contributed by atoms with E-state index in [1.165, 1.54) is 11.1 Å². The van der Waals surface area contributed by atoms with Crippen molar-refractivity contribution in [2.75, 3.05) is 13.2 Å². The number of benzene rings is 1. The van der Waals surface area contributed by atoms with E-state index in [-0.39, 0.29) is 29.8 Å². The van der Waals surface area contributed by atoms with E-state index in [2.05, 4.69) is 0 Å². The highest BCUT2D eigenvalue weighted by atomic mass is 35.5. The zero-order valence-corrected chi connectivity index (χ0v) is 16.2. The predicted molar refractivity (Wildman–Crippen MR) is 96.1 cm³/mol. The minimum atomic E-state index is -1.56. The number of aliphatic hydroxyl groups excluding tert-OH is 4. The summed E-state index contributed by atoms with van der Waals surface area (Å²) in [5, 5.41) is 40.5. The molecule has 2 saturated heterocycles. The van der Waals surface area contributed by atoms with Crippen LogP contribution in [0.25, 0.3) is 0 Å². The van der Waals surface area contributed by atoms with E-state index in [0.717, 1.165) is 0 Å². The lowest BCUT2D eigenvalue weighted by molar-refractivity contribution is -0.277. The maximum atomic E-state index is 12.3. The summed E-state index contributed by atoms with van der Waals surface area (Å²) in [4.78, 5) is 17.8. The van der Waals surface area contributed by atoms with Crippen LogP contribution in [0.5, 0.6) is 5.75 Å². The Morgan fingerprint density at radius 3 is 2.57 bits per heavy atom. The number of carbonyl (C=O) groups is 1. The lowest BCUT2D eigenvalue weighted by Gasteiger charge is -2.39. The van der Waals surface area contributed by atoms with Crippen molar-refractivity contribution in [2.24, 2.45) is 5.41 Å². The molecule has 2 aliphatic rings. The fourth-order valence-corrected chi connectivity index (χ4v) is 3.26. The maximum absolute atomic E-state index is 12.3. The quantitative estimate of drug-likeness (QED) is 0.519. The minimum absolute atomic E-state index is 0.104. The first-order valence-electron chi connectivity index (χ1n) is 8.85. The van der Waals surface area contributed by atoms with Gasteiger partial charge in [-0.3, -0.25) is 9.63 Å².